The van der Waals surface area contributed by atoms with Gasteiger partial charge in [-0.15, -0.1) is 0 Å². The van der Waals surface area contributed by atoms with E-state index >= 15 is 0 Å². The van der Waals surface area contributed by atoms with Gasteiger partial charge in [-0.3, -0.25) is 5.32 Å². The van der Waals surface area contributed by atoms with Crippen LogP contribution in [0.4, 0.5) is 10.5 Å². The summed E-state index contributed by atoms with van der Waals surface area (Å²) in [5, 5.41) is 21.4. The highest BCUT2D eigenvalue weighted by Gasteiger charge is 2.16. The standard InChI is InChI=1S/C19H23NO5/c1-19(2,3)25-18(23)20-15-6-4-5-13(7-15)12-24-17-9-14(11-21)8-16(22)10-17/h4-10,21-22H,11-12H2,1-3H3,(H,20,23). The van der Waals surface area contributed by atoms with Crippen molar-refractivity contribution in [2.24, 2.45) is 0 Å². The molecule has 0 radical (unpaired) electrons. The quantitative estimate of drug-likeness (QED) is 0.767. The number of phenolic OH excluding ortho intramolecular Hbond substituents is 1. The van der Waals surface area contributed by atoms with Crippen molar-refractivity contribution in [3.8, 4) is 11.5 Å². The second kappa shape index (κ2) is 7.90. The van der Waals surface area contributed by atoms with Crippen molar-refractivity contribution in [1.82, 2.24) is 0 Å². The average molecular weight is 345 g/mol. The summed E-state index contributed by atoms with van der Waals surface area (Å²) in [6.45, 7) is 5.46. The average Bonchev–Trinajstić information content (AvgIpc) is 2.51. The normalized spacial score (nSPS) is 11.0. The third kappa shape index (κ3) is 6.35. The molecule has 0 aliphatic rings. The minimum atomic E-state index is -0.565. The lowest BCUT2D eigenvalue weighted by Gasteiger charge is -2.19. The van der Waals surface area contributed by atoms with Crippen LogP contribution in [-0.4, -0.2) is 21.9 Å². The summed E-state index contributed by atoms with van der Waals surface area (Å²) < 4.78 is 10.9. The van der Waals surface area contributed by atoms with Gasteiger partial charge < -0.3 is 19.7 Å². The van der Waals surface area contributed by atoms with Gasteiger partial charge in [0.2, 0.25) is 0 Å². The van der Waals surface area contributed by atoms with Gasteiger partial charge in [0.1, 0.15) is 23.7 Å². The van der Waals surface area contributed by atoms with Gasteiger partial charge in [-0.2, -0.15) is 0 Å². The van der Waals surface area contributed by atoms with E-state index in [-0.39, 0.29) is 19.0 Å². The molecular weight excluding hydrogens is 322 g/mol. The van der Waals surface area contributed by atoms with Gasteiger partial charge in [-0.25, -0.2) is 4.79 Å². The molecular formula is C19H23NO5. The fourth-order valence-electron chi connectivity index (χ4n) is 2.15. The maximum Gasteiger partial charge on any atom is 0.412 e. The van der Waals surface area contributed by atoms with E-state index in [9.17, 15) is 9.90 Å². The molecule has 0 saturated heterocycles. The van der Waals surface area contributed by atoms with Crippen LogP contribution < -0.4 is 10.1 Å². The molecule has 0 bridgehead atoms. The first kappa shape index (κ1) is 18.6. The second-order valence-electron chi connectivity index (χ2n) is 6.61. The highest BCUT2D eigenvalue weighted by molar-refractivity contribution is 5.84. The first-order chi connectivity index (χ1) is 11.7. The van der Waals surface area contributed by atoms with Crippen molar-refractivity contribution in [3.63, 3.8) is 0 Å². The van der Waals surface area contributed by atoms with Crippen LogP contribution in [-0.2, 0) is 18.0 Å². The Kier molecular flexibility index (Phi) is 5.88. The Labute approximate surface area is 147 Å². The first-order valence-corrected chi connectivity index (χ1v) is 7.91. The molecule has 0 aliphatic carbocycles. The minimum Gasteiger partial charge on any atom is -0.508 e. The number of nitrogens with one attached hydrogen (secondary N) is 1. The second-order valence-corrected chi connectivity index (χ2v) is 6.61. The Bertz CT molecular complexity index is 737. The van der Waals surface area contributed by atoms with Crippen molar-refractivity contribution in [3.05, 3.63) is 53.6 Å². The van der Waals surface area contributed by atoms with Gasteiger partial charge in [0.25, 0.3) is 0 Å². The predicted octanol–water partition coefficient (Wildman–Crippen LogP) is 3.81. The molecule has 0 aliphatic heterocycles. The SMILES string of the molecule is CC(C)(C)OC(=O)Nc1cccc(COc2cc(O)cc(CO)c2)c1. The van der Waals surface area contributed by atoms with Gasteiger partial charge in [0.15, 0.2) is 0 Å². The van der Waals surface area contributed by atoms with Crippen LogP contribution in [0.3, 0.4) is 0 Å². The molecule has 2 rings (SSSR count). The van der Waals surface area contributed by atoms with Crippen LogP contribution >= 0.6 is 0 Å². The lowest BCUT2D eigenvalue weighted by atomic mass is 10.2. The fourth-order valence-corrected chi connectivity index (χ4v) is 2.15. The number of carbonyl (C=O) groups excluding carboxylic acids is 1. The molecule has 0 spiro atoms. The van der Waals surface area contributed by atoms with Crippen LogP contribution in [0.25, 0.3) is 0 Å². The number of aliphatic hydroxyl groups is 1. The monoisotopic (exact) mass is 345 g/mol. The summed E-state index contributed by atoms with van der Waals surface area (Å²) in [5.41, 5.74) is 1.44. The zero-order chi connectivity index (χ0) is 18.4. The number of rotatable bonds is 5. The van der Waals surface area contributed by atoms with E-state index < -0.39 is 11.7 Å². The Hall–Kier alpha value is -2.73. The molecule has 6 nitrogen and oxygen atoms in total. The molecule has 0 fully saturated rings. The fraction of sp³-hybridized carbons (Fsp3) is 0.316. The molecule has 0 atom stereocenters. The van der Waals surface area contributed by atoms with Gasteiger partial charge in [-0.05, 0) is 56.2 Å². The topological polar surface area (TPSA) is 88.0 Å². The van der Waals surface area contributed by atoms with Crippen LogP contribution in [0.1, 0.15) is 31.9 Å². The summed E-state index contributed by atoms with van der Waals surface area (Å²) in [5.74, 6) is 0.483. The minimum absolute atomic E-state index is 0.0295. The zero-order valence-corrected chi connectivity index (χ0v) is 14.6. The lowest BCUT2D eigenvalue weighted by Crippen LogP contribution is -2.27. The number of benzene rings is 2. The third-order valence-corrected chi connectivity index (χ3v) is 3.11. The van der Waals surface area contributed by atoms with E-state index in [4.69, 9.17) is 14.6 Å². The number of amides is 1. The van der Waals surface area contributed by atoms with E-state index in [1.54, 1.807) is 45.0 Å². The molecule has 25 heavy (non-hydrogen) atoms. The number of aromatic hydroxyl groups is 1. The summed E-state index contributed by atoms with van der Waals surface area (Å²) in [4.78, 5) is 11.8. The molecule has 0 aromatic heterocycles. The highest BCUT2D eigenvalue weighted by atomic mass is 16.6. The number of hydrogen-bond acceptors (Lipinski definition) is 5. The van der Waals surface area contributed by atoms with Crippen molar-refractivity contribution in [2.45, 2.75) is 39.6 Å². The van der Waals surface area contributed by atoms with Crippen molar-refractivity contribution in [2.75, 3.05) is 5.32 Å². The maximum atomic E-state index is 11.8. The Balaban J connectivity index is 1.99. The van der Waals surface area contributed by atoms with Crippen LogP contribution in [0, 0.1) is 0 Å². The number of aliphatic hydroxyl groups excluding tert-OH is 1. The smallest absolute Gasteiger partial charge is 0.412 e. The van der Waals surface area contributed by atoms with Crippen LogP contribution in [0.15, 0.2) is 42.5 Å². The van der Waals surface area contributed by atoms with E-state index in [0.29, 0.717) is 17.0 Å². The molecule has 134 valence electrons. The third-order valence-electron chi connectivity index (χ3n) is 3.11. The van der Waals surface area contributed by atoms with Crippen LogP contribution in [0.2, 0.25) is 0 Å². The number of phenols is 1. The van der Waals surface area contributed by atoms with E-state index in [2.05, 4.69) is 5.32 Å². The largest absolute Gasteiger partial charge is 0.508 e. The number of carbonyl (C=O) groups is 1. The number of hydrogen-bond donors (Lipinski definition) is 3. The van der Waals surface area contributed by atoms with Crippen molar-refractivity contribution >= 4 is 11.8 Å². The van der Waals surface area contributed by atoms with E-state index in [0.717, 1.165) is 5.56 Å². The Morgan fingerprint density at radius 1 is 1.12 bits per heavy atom. The molecule has 2 aromatic rings. The molecule has 2 aromatic carbocycles. The highest BCUT2D eigenvalue weighted by Crippen LogP contribution is 2.23. The lowest BCUT2D eigenvalue weighted by molar-refractivity contribution is 0.0636. The summed E-state index contributed by atoms with van der Waals surface area (Å²) >= 11 is 0. The zero-order valence-electron chi connectivity index (χ0n) is 14.6. The Morgan fingerprint density at radius 3 is 2.56 bits per heavy atom. The number of ether oxygens (including phenoxy) is 2. The molecule has 1 amide bonds. The summed E-state index contributed by atoms with van der Waals surface area (Å²) in [6, 6.07) is 11.8. The number of anilines is 1. The summed E-state index contributed by atoms with van der Waals surface area (Å²) in [6.07, 6.45) is -0.522. The Morgan fingerprint density at radius 2 is 1.88 bits per heavy atom. The van der Waals surface area contributed by atoms with Gasteiger partial charge in [0.05, 0.1) is 6.61 Å². The predicted molar refractivity (Wildman–Crippen MR) is 94.7 cm³/mol. The molecule has 0 heterocycles. The van der Waals surface area contributed by atoms with Gasteiger partial charge >= 0.3 is 6.09 Å². The van der Waals surface area contributed by atoms with Gasteiger partial charge in [0, 0.05) is 11.8 Å². The van der Waals surface area contributed by atoms with Crippen LogP contribution in [0.5, 0.6) is 11.5 Å². The maximum absolute atomic E-state index is 11.8. The molecule has 6 heteroatoms. The van der Waals surface area contributed by atoms with E-state index in [1.807, 2.05) is 6.07 Å². The summed E-state index contributed by atoms with van der Waals surface area (Å²) in [7, 11) is 0. The van der Waals surface area contributed by atoms with Gasteiger partial charge in [-0.1, -0.05) is 12.1 Å². The van der Waals surface area contributed by atoms with E-state index in [1.165, 1.54) is 12.1 Å². The van der Waals surface area contributed by atoms with Crippen molar-refractivity contribution in [1.29, 1.82) is 0 Å². The molecule has 0 saturated carbocycles. The van der Waals surface area contributed by atoms with Crippen molar-refractivity contribution < 1.29 is 24.5 Å². The molecule has 0 unspecified atom stereocenters. The molecule has 3 N–H and O–H groups in total. The first-order valence-electron chi connectivity index (χ1n) is 7.91.